The second-order valence-corrected chi connectivity index (χ2v) is 7.65. The number of nitrogens with zero attached hydrogens (tertiary/aromatic N) is 1. The predicted octanol–water partition coefficient (Wildman–Crippen LogP) is 5.06. The Bertz CT molecular complexity index is 450. The van der Waals surface area contributed by atoms with Crippen LogP contribution in [0.5, 0.6) is 0 Å². The minimum atomic E-state index is 0.546. The van der Waals surface area contributed by atoms with Crippen molar-refractivity contribution in [3.63, 3.8) is 0 Å². The fourth-order valence-corrected chi connectivity index (χ4v) is 3.77. The van der Waals surface area contributed by atoms with Crippen LogP contribution in [0, 0.1) is 5.41 Å². The van der Waals surface area contributed by atoms with Gasteiger partial charge >= 0.3 is 0 Å². The van der Waals surface area contributed by atoms with Crippen LogP contribution in [0.2, 0.25) is 0 Å². The van der Waals surface area contributed by atoms with Gasteiger partial charge in [0.05, 0.1) is 11.4 Å². The minimum absolute atomic E-state index is 0.546. The predicted molar refractivity (Wildman–Crippen MR) is 92.2 cm³/mol. The van der Waals surface area contributed by atoms with Crippen LogP contribution in [0.1, 0.15) is 58.8 Å². The van der Waals surface area contributed by atoms with Crippen LogP contribution in [-0.4, -0.2) is 19.1 Å². The number of hydrogen-bond acceptors (Lipinski definition) is 2. The SMILES string of the molecule is CC1(C)CCC(Nc2ccccc2N2CCCCC2)CC1. The molecule has 0 aromatic heterocycles. The summed E-state index contributed by atoms with van der Waals surface area (Å²) in [6.07, 6.45) is 9.37. The van der Waals surface area contributed by atoms with E-state index in [1.165, 1.54) is 69.4 Å². The largest absolute Gasteiger partial charge is 0.381 e. The third-order valence-electron chi connectivity index (χ3n) is 5.30. The maximum absolute atomic E-state index is 3.84. The van der Waals surface area contributed by atoms with Crippen molar-refractivity contribution in [1.29, 1.82) is 0 Å². The summed E-state index contributed by atoms with van der Waals surface area (Å²) in [7, 11) is 0. The Morgan fingerprint density at radius 1 is 1.00 bits per heavy atom. The molecule has 2 aliphatic rings. The Balaban J connectivity index is 1.68. The molecule has 2 heteroatoms. The van der Waals surface area contributed by atoms with Gasteiger partial charge in [-0.15, -0.1) is 0 Å². The molecule has 116 valence electrons. The summed E-state index contributed by atoms with van der Waals surface area (Å²) in [5, 5.41) is 3.84. The van der Waals surface area contributed by atoms with E-state index in [0.29, 0.717) is 11.5 Å². The lowest BCUT2D eigenvalue weighted by atomic mass is 9.75. The number of rotatable bonds is 3. The van der Waals surface area contributed by atoms with Crippen molar-refractivity contribution in [2.75, 3.05) is 23.3 Å². The third kappa shape index (κ3) is 3.72. The van der Waals surface area contributed by atoms with Gasteiger partial charge in [-0.25, -0.2) is 0 Å². The third-order valence-corrected chi connectivity index (χ3v) is 5.30. The maximum atomic E-state index is 3.84. The van der Waals surface area contributed by atoms with E-state index in [9.17, 15) is 0 Å². The molecule has 21 heavy (non-hydrogen) atoms. The molecule has 0 bridgehead atoms. The van der Waals surface area contributed by atoms with E-state index >= 15 is 0 Å². The highest BCUT2D eigenvalue weighted by molar-refractivity contribution is 5.70. The second kappa shape index (κ2) is 6.29. The summed E-state index contributed by atoms with van der Waals surface area (Å²) in [5.41, 5.74) is 3.32. The molecule has 2 nitrogen and oxygen atoms in total. The van der Waals surface area contributed by atoms with Crippen molar-refractivity contribution in [2.24, 2.45) is 5.41 Å². The first-order valence-corrected chi connectivity index (χ1v) is 8.75. The Morgan fingerprint density at radius 3 is 2.38 bits per heavy atom. The van der Waals surface area contributed by atoms with Crippen LogP contribution in [0.3, 0.4) is 0 Å². The molecule has 1 saturated heterocycles. The molecule has 0 atom stereocenters. The van der Waals surface area contributed by atoms with E-state index in [1.54, 1.807) is 0 Å². The minimum Gasteiger partial charge on any atom is -0.381 e. The summed E-state index contributed by atoms with van der Waals surface area (Å²) >= 11 is 0. The molecule has 1 aromatic rings. The van der Waals surface area contributed by atoms with E-state index in [0.717, 1.165) is 0 Å². The number of nitrogens with one attached hydrogen (secondary N) is 1. The monoisotopic (exact) mass is 286 g/mol. The van der Waals surface area contributed by atoms with Crippen molar-refractivity contribution < 1.29 is 0 Å². The zero-order valence-electron chi connectivity index (χ0n) is 13.7. The lowest BCUT2D eigenvalue weighted by Gasteiger charge is -2.36. The van der Waals surface area contributed by atoms with Crippen LogP contribution >= 0.6 is 0 Å². The van der Waals surface area contributed by atoms with Gasteiger partial charge in [-0.05, 0) is 62.5 Å². The van der Waals surface area contributed by atoms with E-state index in [4.69, 9.17) is 0 Å². The number of benzene rings is 1. The molecule has 3 rings (SSSR count). The van der Waals surface area contributed by atoms with Gasteiger partial charge in [-0.2, -0.15) is 0 Å². The summed E-state index contributed by atoms with van der Waals surface area (Å²) in [5.74, 6) is 0. The Morgan fingerprint density at radius 2 is 1.67 bits per heavy atom. The highest BCUT2D eigenvalue weighted by atomic mass is 15.2. The molecular weight excluding hydrogens is 256 g/mol. The molecular formula is C19H30N2. The van der Waals surface area contributed by atoms with Crippen molar-refractivity contribution in [1.82, 2.24) is 0 Å². The van der Waals surface area contributed by atoms with Crippen LogP contribution in [0.25, 0.3) is 0 Å². The number of hydrogen-bond donors (Lipinski definition) is 1. The first-order chi connectivity index (χ1) is 10.1. The van der Waals surface area contributed by atoms with Gasteiger partial charge in [0.1, 0.15) is 0 Å². The second-order valence-electron chi connectivity index (χ2n) is 7.65. The lowest BCUT2D eigenvalue weighted by Crippen LogP contribution is -2.32. The summed E-state index contributed by atoms with van der Waals surface area (Å²) in [6, 6.07) is 9.56. The molecule has 1 aliphatic heterocycles. The average Bonchev–Trinajstić information content (AvgIpc) is 2.51. The number of piperidine rings is 1. The van der Waals surface area contributed by atoms with Gasteiger partial charge in [-0.3, -0.25) is 0 Å². The molecule has 0 radical (unpaired) electrons. The normalized spacial score (nSPS) is 23.0. The lowest BCUT2D eigenvalue weighted by molar-refractivity contribution is 0.232. The number of anilines is 2. The van der Waals surface area contributed by atoms with Gasteiger partial charge in [0.25, 0.3) is 0 Å². The summed E-state index contributed by atoms with van der Waals surface area (Å²) in [4.78, 5) is 2.57. The van der Waals surface area contributed by atoms with Crippen molar-refractivity contribution in [2.45, 2.75) is 64.8 Å². The fraction of sp³-hybridized carbons (Fsp3) is 0.684. The van der Waals surface area contributed by atoms with E-state index < -0.39 is 0 Å². The summed E-state index contributed by atoms with van der Waals surface area (Å²) < 4.78 is 0. The molecule has 1 N–H and O–H groups in total. The Kier molecular flexibility index (Phi) is 4.42. The molecule has 2 fully saturated rings. The molecule has 1 aromatic carbocycles. The first kappa shape index (κ1) is 14.7. The van der Waals surface area contributed by atoms with E-state index in [1.807, 2.05) is 0 Å². The van der Waals surface area contributed by atoms with Crippen molar-refractivity contribution in [3.8, 4) is 0 Å². The van der Waals surface area contributed by atoms with Crippen molar-refractivity contribution in [3.05, 3.63) is 24.3 Å². The first-order valence-electron chi connectivity index (χ1n) is 8.75. The van der Waals surface area contributed by atoms with Gasteiger partial charge < -0.3 is 10.2 Å². The molecule has 1 saturated carbocycles. The zero-order chi connectivity index (χ0) is 14.7. The molecule has 1 aliphatic carbocycles. The molecule has 0 amide bonds. The maximum Gasteiger partial charge on any atom is 0.0602 e. The summed E-state index contributed by atoms with van der Waals surface area (Å²) in [6.45, 7) is 7.25. The van der Waals surface area contributed by atoms with Crippen LogP contribution < -0.4 is 10.2 Å². The molecule has 0 spiro atoms. The standard InChI is InChI=1S/C19H30N2/c1-19(2)12-10-16(11-13-19)20-17-8-4-5-9-18(17)21-14-6-3-7-15-21/h4-5,8-9,16,20H,3,6-7,10-15H2,1-2H3. The highest BCUT2D eigenvalue weighted by Gasteiger charge is 2.27. The van der Waals surface area contributed by atoms with Gasteiger partial charge in [0.2, 0.25) is 0 Å². The van der Waals surface area contributed by atoms with Gasteiger partial charge in [0.15, 0.2) is 0 Å². The fourth-order valence-electron chi connectivity index (χ4n) is 3.77. The highest BCUT2D eigenvalue weighted by Crippen LogP contribution is 2.37. The number of para-hydroxylation sites is 2. The van der Waals surface area contributed by atoms with Gasteiger partial charge in [-0.1, -0.05) is 26.0 Å². The molecule has 0 unspecified atom stereocenters. The van der Waals surface area contributed by atoms with Gasteiger partial charge in [0, 0.05) is 19.1 Å². The van der Waals surface area contributed by atoms with E-state index in [2.05, 4.69) is 48.3 Å². The van der Waals surface area contributed by atoms with Crippen LogP contribution in [0.4, 0.5) is 11.4 Å². The Hall–Kier alpha value is -1.18. The average molecular weight is 286 g/mol. The van der Waals surface area contributed by atoms with E-state index in [-0.39, 0.29) is 0 Å². The van der Waals surface area contributed by atoms with Crippen molar-refractivity contribution >= 4 is 11.4 Å². The van der Waals surface area contributed by atoms with Crippen LogP contribution in [0.15, 0.2) is 24.3 Å². The Labute approximate surface area is 129 Å². The van der Waals surface area contributed by atoms with Crippen LogP contribution in [-0.2, 0) is 0 Å². The quantitative estimate of drug-likeness (QED) is 0.835. The smallest absolute Gasteiger partial charge is 0.0602 e. The topological polar surface area (TPSA) is 15.3 Å². The zero-order valence-corrected chi connectivity index (χ0v) is 13.7. The molecule has 1 heterocycles.